The Balaban J connectivity index is 1.82. The Kier molecular flexibility index (Phi) is 5.71. The molecule has 1 atom stereocenters. The number of amides is 3. The second kappa shape index (κ2) is 7.58. The normalized spacial score (nSPS) is 16.3. The van der Waals surface area contributed by atoms with Gasteiger partial charge in [-0.05, 0) is 39.8 Å². The van der Waals surface area contributed by atoms with Crippen molar-refractivity contribution in [3.63, 3.8) is 0 Å². The van der Waals surface area contributed by atoms with E-state index in [4.69, 9.17) is 9.15 Å². The molecule has 3 amide bonds. The molecule has 1 aromatic rings. The molecule has 1 aromatic heterocycles. The van der Waals surface area contributed by atoms with Crippen molar-refractivity contribution < 1.29 is 23.5 Å². The summed E-state index contributed by atoms with van der Waals surface area (Å²) in [5.41, 5.74) is -0.620. The molecular formula is C17H25N3O5. The number of hydrogen-bond acceptors (Lipinski definition) is 5. The van der Waals surface area contributed by atoms with E-state index < -0.39 is 17.7 Å². The van der Waals surface area contributed by atoms with E-state index in [-0.39, 0.29) is 11.8 Å². The highest BCUT2D eigenvalue weighted by atomic mass is 16.6. The second-order valence-electron chi connectivity index (χ2n) is 6.96. The van der Waals surface area contributed by atoms with E-state index in [1.54, 1.807) is 49.6 Å². The fraction of sp³-hybridized carbons (Fsp3) is 0.588. The first-order valence-corrected chi connectivity index (χ1v) is 8.28. The maximum atomic E-state index is 12.4. The molecule has 0 radical (unpaired) electrons. The maximum absolute atomic E-state index is 12.4. The number of hydrogen-bond donors (Lipinski definition) is 1. The van der Waals surface area contributed by atoms with Gasteiger partial charge in [-0.3, -0.25) is 9.59 Å². The van der Waals surface area contributed by atoms with Crippen LogP contribution in [0.25, 0.3) is 0 Å². The highest BCUT2D eigenvalue weighted by Gasteiger charge is 2.29. The van der Waals surface area contributed by atoms with Crippen LogP contribution >= 0.6 is 0 Å². The van der Waals surface area contributed by atoms with E-state index in [9.17, 15) is 14.4 Å². The minimum absolute atomic E-state index is 0.183. The molecule has 1 N–H and O–H groups in total. The van der Waals surface area contributed by atoms with Crippen molar-refractivity contribution >= 4 is 17.9 Å². The minimum Gasteiger partial charge on any atom is -0.459 e. The quantitative estimate of drug-likeness (QED) is 0.890. The Labute approximate surface area is 147 Å². The highest BCUT2D eigenvalue weighted by Crippen LogP contribution is 2.11. The lowest BCUT2D eigenvalue weighted by Gasteiger charge is -2.35. The van der Waals surface area contributed by atoms with Crippen molar-refractivity contribution in [3.8, 4) is 0 Å². The molecule has 1 saturated heterocycles. The number of nitrogens with one attached hydrogen (secondary N) is 1. The van der Waals surface area contributed by atoms with Crippen molar-refractivity contribution in [1.82, 2.24) is 15.1 Å². The molecule has 8 heteroatoms. The first kappa shape index (κ1) is 18.8. The van der Waals surface area contributed by atoms with E-state index in [0.29, 0.717) is 31.9 Å². The van der Waals surface area contributed by atoms with Gasteiger partial charge in [-0.1, -0.05) is 0 Å². The van der Waals surface area contributed by atoms with Crippen molar-refractivity contribution in [2.75, 3.05) is 26.2 Å². The maximum Gasteiger partial charge on any atom is 0.408 e. The van der Waals surface area contributed by atoms with Crippen LogP contribution in [0.5, 0.6) is 0 Å². The minimum atomic E-state index is -0.692. The van der Waals surface area contributed by atoms with Crippen molar-refractivity contribution in [2.24, 2.45) is 0 Å². The molecule has 1 fully saturated rings. The number of piperazine rings is 1. The van der Waals surface area contributed by atoms with Gasteiger partial charge in [-0.15, -0.1) is 0 Å². The van der Waals surface area contributed by atoms with Crippen LogP contribution in [0, 0.1) is 0 Å². The predicted molar refractivity (Wildman–Crippen MR) is 90.0 cm³/mol. The van der Waals surface area contributed by atoms with Crippen molar-refractivity contribution in [1.29, 1.82) is 0 Å². The van der Waals surface area contributed by atoms with Gasteiger partial charge in [0.2, 0.25) is 5.91 Å². The lowest BCUT2D eigenvalue weighted by Crippen LogP contribution is -2.55. The number of nitrogens with zero attached hydrogens (tertiary/aromatic N) is 2. The fourth-order valence-corrected chi connectivity index (χ4v) is 2.51. The molecule has 0 aromatic carbocycles. The molecule has 0 saturated carbocycles. The van der Waals surface area contributed by atoms with Gasteiger partial charge in [0.15, 0.2) is 5.76 Å². The van der Waals surface area contributed by atoms with Crippen LogP contribution in [-0.2, 0) is 9.53 Å². The zero-order valence-electron chi connectivity index (χ0n) is 15.1. The average Bonchev–Trinajstić information content (AvgIpc) is 3.06. The molecule has 0 aliphatic carbocycles. The lowest BCUT2D eigenvalue weighted by atomic mass is 10.2. The summed E-state index contributed by atoms with van der Waals surface area (Å²) in [6, 6.07) is 2.59. The topological polar surface area (TPSA) is 92.1 Å². The molecule has 0 unspecified atom stereocenters. The van der Waals surface area contributed by atoms with Crippen LogP contribution in [0.1, 0.15) is 38.2 Å². The molecule has 1 aliphatic heterocycles. The second-order valence-corrected chi connectivity index (χ2v) is 6.96. The van der Waals surface area contributed by atoms with Crippen LogP contribution in [0.15, 0.2) is 22.8 Å². The molecule has 0 bridgehead atoms. The summed E-state index contributed by atoms with van der Waals surface area (Å²) in [4.78, 5) is 39.7. The first-order chi connectivity index (χ1) is 11.7. The zero-order valence-corrected chi connectivity index (χ0v) is 15.1. The Bertz CT molecular complexity index is 613. The summed E-state index contributed by atoms with van der Waals surface area (Å²) >= 11 is 0. The van der Waals surface area contributed by atoms with Crippen molar-refractivity contribution in [3.05, 3.63) is 24.2 Å². The fourth-order valence-electron chi connectivity index (χ4n) is 2.51. The van der Waals surface area contributed by atoms with Gasteiger partial charge in [-0.2, -0.15) is 0 Å². The molecule has 2 rings (SSSR count). The van der Waals surface area contributed by atoms with Crippen molar-refractivity contribution in [2.45, 2.75) is 39.3 Å². The smallest absolute Gasteiger partial charge is 0.408 e. The van der Waals surface area contributed by atoms with Crippen LogP contribution in [0.3, 0.4) is 0 Å². The number of carbonyl (C=O) groups excluding carboxylic acids is 3. The summed E-state index contributed by atoms with van der Waals surface area (Å²) in [5, 5.41) is 2.54. The van der Waals surface area contributed by atoms with Crippen LogP contribution in [-0.4, -0.2) is 65.5 Å². The molecule has 8 nitrogen and oxygen atoms in total. The van der Waals surface area contributed by atoms with Gasteiger partial charge in [-0.25, -0.2) is 4.79 Å². The van der Waals surface area contributed by atoms with Gasteiger partial charge < -0.3 is 24.3 Å². The number of carbonyl (C=O) groups is 3. The van der Waals surface area contributed by atoms with Crippen LogP contribution in [0.4, 0.5) is 4.79 Å². The Morgan fingerprint density at radius 1 is 1.16 bits per heavy atom. The number of ether oxygens (including phenoxy) is 1. The largest absolute Gasteiger partial charge is 0.459 e. The van der Waals surface area contributed by atoms with E-state index in [1.165, 1.54) is 6.26 Å². The van der Waals surface area contributed by atoms with Crippen LogP contribution < -0.4 is 5.32 Å². The third-order valence-corrected chi connectivity index (χ3v) is 3.71. The third-order valence-electron chi connectivity index (χ3n) is 3.71. The van der Waals surface area contributed by atoms with E-state index in [1.807, 2.05) is 0 Å². The molecule has 0 spiro atoms. The molecule has 138 valence electrons. The van der Waals surface area contributed by atoms with Crippen LogP contribution in [0.2, 0.25) is 0 Å². The van der Waals surface area contributed by atoms with E-state index >= 15 is 0 Å². The van der Waals surface area contributed by atoms with E-state index in [2.05, 4.69) is 5.32 Å². The standard InChI is InChI=1S/C17H25N3O5/c1-12(18-16(23)25-17(2,3)4)14(21)19-7-9-20(10-8-19)15(22)13-6-5-11-24-13/h5-6,11-12H,7-10H2,1-4H3,(H,18,23)/t12-/m1/s1. The van der Waals surface area contributed by atoms with Gasteiger partial charge >= 0.3 is 6.09 Å². The predicted octanol–water partition coefficient (Wildman–Crippen LogP) is 1.48. The lowest BCUT2D eigenvalue weighted by molar-refractivity contribution is -0.134. The first-order valence-electron chi connectivity index (χ1n) is 8.28. The summed E-state index contributed by atoms with van der Waals surface area (Å²) in [7, 11) is 0. The van der Waals surface area contributed by atoms with Gasteiger partial charge in [0.05, 0.1) is 6.26 Å². The number of furan rings is 1. The summed E-state index contributed by atoms with van der Waals surface area (Å²) in [5.74, 6) is -0.0901. The number of rotatable bonds is 3. The summed E-state index contributed by atoms with van der Waals surface area (Å²) < 4.78 is 10.3. The van der Waals surface area contributed by atoms with Gasteiger partial charge in [0.1, 0.15) is 11.6 Å². The Hall–Kier alpha value is -2.51. The Morgan fingerprint density at radius 2 is 1.76 bits per heavy atom. The van der Waals surface area contributed by atoms with E-state index in [0.717, 1.165) is 0 Å². The SMILES string of the molecule is C[C@@H](NC(=O)OC(C)(C)C)C(=O)N1CCN(C(=O)c2ccco2)CC1. The monoisotopic (exact) mass is 351 g/mol. The summed E-state index contributed by atoms with van der Waals surface area (Å²) in [6.45, 7) is 8.55. The molecule has 2 heterocycles. The average molecular weight is 351 g/mol. The highest BCUT2D eigenvalue weighted by molar-refractivity contribution is 5.92. The Morgan fingerprint density at radius 3 is 2.28 bits per heavy atom. The van der Waals surface area contributed by atoms with Gasteiger partial charge in [0.25, 0.3) is 5.91 Å². The molecular weight excluding hydrogens is 326 g/mol. The third kappa shape index (κ3) is 5.23. The number of alkyl carbamates (subject to hydrolysis) is 1. The molecule has 25 heavy (non-hydrogen) atoms. The zero-order chi connectivity index (χ0) is 18.6. The molecule has 1 aliphatic rings. The van der Waals surface area contributed by atoms with Gasteiger partial charge in [0, 0.05) is 26.2 Å². The summed E-state index contributed by atoms with van der Waals surface area (Å²) in [6.07, 6.45) is 0.830.